The maximum Gasteiger partial charge on any atom is 0.279 e. The molecule has 0 spiro atoms. The first-order valence-corrected chi connectivity index (χ1v) is 7.44. The van der Waals surface area contributed by atoms with E-state index in [0.717, 1.165) is 0 Å². The quantitative estimate of drug-likeness (QED) is 0.810. The Morgan fingerprint density at radius 1 is 1.29 bits per heavy atom. The van der Waals surface area contributed by atoms with Crippen LogP contribution in [-0.2, 0) is 4.79 Å². The average molecular weight is 373 g/mol. The summed E-state index contributed by atoms with van der Waals surface area (Å²) in [6.45, 7) is -0.311. The molecule has 0 aliphatic heterocycles. The zero-order valence-electron chi connectivity index (χ0n) is 10.6. The van der Waals surface area contributed by atoms with E-state index >= 15 is 0 Å². The van der Waals surface area contributed by atoms with Crippen LogP contribution in [0.2, 0.25) is 0 Å². The highest BCUT2D eigenvalue weighted by Gasteiger charge is 2.09. The van der Waals surface area contributed by atoms with E-state index in [4.69, 9.17) is 4.74 Å². The van der Waals surface area contributed by atoms with Gasteiger partial charge < -0.3 is 4.74 Å². The third kappa shape index (κ3) is 4.54. The van der Waals surface area contributed by atoms with Crippen molar-refractivity contribution in [1.29, 1.82) is 0 Å². The Kier molecular flexibility index (Phi) is 5.29. The van der Waals surface area contributed by atoms with Crippen LogP contribution in [0.25, 0.3) is 0 Å². The highest BCUT2D eigenvalue weighted by molar-refractivity contribution is 9.10. The van der Waals surface area contributed by atoms with Crippen LogP contribution < -0.4 is 15.6 Å². The first-order valence-electron chi connectivity index (χ1n) is 5.77. The van der Waals surface area contributed by atoms with Crippen LogP contribution in [0.5, 0.6) is 5.75 Å². The number of hydrogen-bond donors (Lipinski definition) is 2. The predicted octanol–water partition coefficient (Wildman–Crippen LogP) is 2.49. The molecule has 2 N–H and O–H groups in total. The largest absolute Gasteiger partial charge is 0.483 e. The Hall–Kier alpha value is -1.93. The minimum absolute atomic E-state index is 0.311. The predicted molar refractivity (Wildman–Crippen MR) is 79.5 cm³/mol. The summed E-state index contributed by atoms with van der Waals surface area (Å²) >= 11 is 4.38. The molecule has 0 bridgehead atoms. The normalized spacial score (nSPS) is 10.0. The third-order valence-corrected chi connectivity index (χ3v) is 3.80. The van der Waals surface area contributed by atoms with Gasteiger partial charge in [-0.15, -0.1) is 11.3 Å². The van der Waals surface area contributed by atoms with E-state index in [0.29, 0.717) is 15.1 Å². The van der Waals surface area contributed by atoms with Gasteiger partial charge in [0.05, 0.1) is 9.35 Å². The lowest BCUT2D eigenvalue weighted by atomic mass is 10.3. The summed E-state index contributed by atoms with van der Waals surface area (Å²) in [7, 11) is 0. The number of hydrazine groups is 1. The Bertz CT molecular complexity index is 649. The van der Waals surface area contributed by atoms with Gasteiger partial charge in [0.25, 0.3) is 11.8 Å². The minimum Gasteiger partial charge on any atom is -0.483 e. The minimum atomic E-state index is -0.531. The number of benzene rings is 1. The van der Waals surface area contributed by atoms with Crippen molar-refractivity contribution < 1.29 is 18.7 Å². The molecule has 8 heteroatoms. The van der Waals surface area contributed by atoms with Crippen molar-refractivity contribution >= 4 is 39.1 Å². The Morgan fingerprint density at radius 2 is 2.10 bits per heavy atom. The Labute approximate surface area is 132 Å². The van der Waals surface area contributed by atoms with Crippen molar-refractivity contribution in [3.05, 3.63) is 50.9 Å². The molecule has 1 aromatic heterocycles. The number of amides is 2. The van der Waals surface area contributed by atoms with Crippen LogP contribution >= 0.6 is 27.3 Å². The van der Waals surface area contributed by atoms with Gasteiger partial charge in [-0.2, -0.15) is 0 Å². The molecule has 5 nitrogen and oxygen atoms in total. The van der Waals surface area contributed by atoms with Gasteiger partial charge >= 0.3 is 0 Å². The van der Waals surface area contributed by atoms with E-state index in [2.05, 4.69) is 26.8 Å². The number of thiophene rings is 1. The molecule has 21 heavy (non-hydrogen) atoms. The molecule has 0 aliphatic carbocycles. The van der Waals surface area contributed by atoms with Gasteiger partial charge in [0.15, 0.2) is 6.61 Å². The maximum absolute atomic E-state index is 12.9. The first-order chi connectivity index (χ1) is 10.1. The molecule has 110 valence electrons. The topological polar surface area (TPSA) is 67.4 Å². The number of ether oxygens (including phenoxy) is 1. The second-order valence-corrected chi connectivity index (χ2v) is 5.65. The number of rotatable bonds is 4. The van der Waals surface area contributed by atoms with E-state index in [1.54, 1.807) is 17.5 Å². The Morgan fingerprint density at radius 3 is 2.76 bits per heavy atom. The van der Waals surface area contributed by atoms with Gasteiger partial charge in [0.2, 0.25) is 0 Å². The van der Waals surface area contributed by atoms with E-state index in [1.165, 1.54) is 29.5 Å². The highest BCUT2D eigenvalue weighted by Crippen LogP contribution is 2.25. The fourth-order valence-corrected chi connectivity index (χ4v) is 2.45. The van der Waals surface area contributed by atoms with Crippen LogP contribution in [-0.4, -0.2) is 18.4 Å². The van der Waals surface area contributed by atoms with Crippen molar-refractivity contribution in [3.63, 3.8) is 0 Å². The zero-order valence-corrected chi connectivity index (χ0v) is 13.0. The molecule has 1 heterocycles. The monoisotopic (exact) mass is 372 g/mol. The lowest BCUT2D eigenvalue weighted by Gasteiger charge is -2.09. The SMILES string of the molecule is O=C(COc1ccc(F)cc1Br)NNC(=O)c1cccs1. The average Bonchev–Trinajstić information content (AvgIpc) is 2.98. The maximum atomic E-state index is 12.9. The molecule has 0 radical (unpaired) electrons. The molecule has 0 saturated carbocycles. The third-order valence-electron chi connectivity index (χ3n) is 2.31. The zero-order chi connectivity index (χ0) is 15.2. The second-order valence-electron chi connectivity index (χ2n) is 3.84. The summed E-state index contributed by atoms with van der Waals surface area (Å²) in [4.78, 5) is 23.6. The summed E-state index contributed by atoms with van der Waals surface area (Å²) in [6, 6.07) is 7.22. The molecule has 0 saturated heterocycles. The van der Waals surface area contributed by atoms with Crippen LogP contribution in [0.1, 0.15) is 9.67 Å². The van der Waals surface area contributed by atoms with Crippen LogP contribution in [0.4, 0.5) is 4.39 Å². The summed E-state index contributed by atoms with van der Waals surface area (Å²) in [5.41, 5.74) is 4.49. The van der Waals surface area contributed by atoms with Crippen LogP contribution in [0, 0.1) is 5.82 Å². The van der Waals surface area contributed by atoms with Gasteiger partial charge in [-0.1, -0.05) is 6.07 Å². The second kappa shape index (κ2) is 7.19. The Balaban J connectivity index is 1.78. The molecule has 2 rings (SSSR count). The van der Waals surface area contributed by atoms with E-state index in [9.17, 15) is 14.0 Å². The molecule has 0 aliphatic rings. The van der Waals surface area contributed by atoms with Crippen LogP contribution in [0.15, 0.2) is 40.2 Å². The van der Waals surface area contributed by atoms with Gasteiger partial charge in [0, 0.05) is 0 Å². The number of nitrogens with one attached hydrogen (secondary N) is 2. The summed E-state index contributed by atoms with van der Waals surface area (Å²) in [6.07, 6.45) is 0. The summed E-state index contributed by atoms with van der Waals surface area (Å²) in [5.74, 6) is -1.02. The number of carbonyl (C=O) groups is 2. The van der Waals surface area contributed by atoms with Crippen LogP contribution in [0.3, 0.4) is 0 Å². The molecule has 0 unspecified atom stereocenters. The molecule has 0 fully saturated rings. The van der Waals surface area contributed by atoms with Gasteiger partial charge in [-0.3, -0.25) is 20.4 Å². The number of halogens is 2. The van der Waals surface area contributed by atoms with E-state index in [-0.39, 0.29) is 6.61 Å². The van der Waals surface area contributed by atoms with E-state index < -0.39 is 17.6 Å². The molecule has 0 atom stereocenters. The summed E-state index contributed by atoms with van der Waals surface area (Å²) in [5, 5.41) is 1.76. The lowest BCUT2D eigenvalue weighted by Crippen LogP contribution is -2.43. The smallest absolute Gasteiger partial charge is 0.279 e. The first kappa shape index (κ1) is 15.5. The fraction of sp³-hybridized carbons (Fsp3) is 0.0769. The van der Waals surface area contributed by atoms with Crippen molar-refractivity contribution in [2.45, 2.75) is 0 Å². The molecule has 2 amide bonds. The molecular formula is C13H10BrFN2O3S. The number of hydrogen-bond acceptors (Lipinski definition) is 4. The molecular weight excluding hydrogens is 363 g/mol. The highest BCUT2D eigenvalue weighted by atomic mass is 79.9. The van der Waals surface area contributed by atoms with Crippen molar-refractivity contribution in [2.75, 3.05) is 6.61 Å². The number of carbonyl (C=O) groups excluding carboxylic acids is 2. The van der Waals surface area contributed by atoms with Crippen molar-refractivity contribution in [3.8, 4) is 5.75 Å². The van der Waals surface area contributed by atoms with Gasteiger partial charge in [-0.25, -0.2) is 4.39 Å². The lowest BCUT2D eigenvalue weighted by molar-refractivity contribution is -0.123. The van der Waals surface area contributed by atoms with Gasteiger partial charge in [-0.05, 0) is 45.6 Å². The van der Waals surface area contributed by atoms with Gasteiger partial charge in [0.1, 0.15) is 11.6 Å². The standard InChI is InChI=1S/C13H10BrFN2O3S/c14-9-6-8(15)3-4-10(9)20-7-12(18)16-17-13(19)11-2-1-5-21-11/h1-6H,7H2,(H,16,18)(H,17,19). The van der Waals surface area contributed by atoms with Crippen molar-refractivity contribution in [2.24, 2.45) is 0 Å². The molecule has 2 aromatic rings. The van der Waals surface area contributed by atoms with E-state index in [1.807, 2.05) is 0 Å². The summed E-state index contributed by atoms with van der Waals surface area (Å²) < 4.78 is 18.5. The fourth-order valence-electron chi connectivity index (χ4n) is 1.37. The van der Waals surface area contributed by atoms with Crippen molar-refractivity contribution in [1.82, 2.24) is 10.9 Å². The molecule has 1 aromatic carbocycles.